The van der Waals surface area contributed by atoms with E-state index in [0.717, 1.165) is 10.1 Å². The van der Waals surface area contributed by atoms with Crippen LogP contribution >= 0.6 is 23.5 Å². The van der Waals surface area contributed by atoms with Crippen molar-refractivity contribution in [3.05, 3.63) is 70.0 Å². The number of hydrogen-bond donors (Lipinski definition) is 7. The number of nitrogens with two attached hydrogens (primary N) is 1. The van der Waals surface area contributed by atoms with Gasteiger partial charge in [-0.2, -0.15) is 13.6 Å². The van der Waals surface area contributed by atoms with E-state index >= 15 is 0 Å². The molecule has 0 aliphatic carbocycles. The number of hydrogen-bond acceptors (Lipinski definition) is 14. The van der Waals surface area contributed by atoms with E-state index in [9.17, 15) is 38.5 Å². The normalized spacial score (nSPS) is 23.9. The van der Waals surface area contributed by atoms with Crippen LogP contribution in [0.2, 0.25) is 0 Å². The Balaban J connectivity index is 1.44. The lowest BCUT2D eigenvalue weighted by molar-refractivity contribution is -0.0542. The molecular weight excluding hydrogens is 629 g/mol. The Hall–Kier alpha value is -2.67. The Labute approximate surface area is 235 Å². The molecule has 42 heavy (non-hydrogen) atoms. The predicted molar refractivity (Wildman–Crippen MR) is 137 cm³/mol. The molecule has 1 saturated heterocycles. The van der Waals surface area contributed by atoms with Gasteiger partial charge in [0.25, 0.3) is 0 Å². The van der Waals surface area contributed by atoms with Crippen LogP contribution in [0.25, 0.3) is 0 Å². The minimum Gasteiger partial charge on any atom is -0.387 e. The second kappa shape index (κ2) is 12.5. The fourth-order valence-corrected chi connectivity index (χ4v) is 6.90. The Morgan fingerprint density at radius 3 is 2.33 bits per heavy atom. The summed E-state index contributed by atoms with van der Waals surface area (Å²) in [6.45, 7) is -1.06. The zero-order valence-corrected chi connectivity index (χ0v) is 23.8. The first-order valence-electron chi connectivity index (χ1n) is 11.6. The van der Waals surface area contributed by atoms with Crippen molar-refractivity contribution in [3.8, 4) is 0 Å². The van der Waals surface area contributed by atoms with Crippen LogP contribution < -0.4 is 11.4 Å². The highest BCUT2D eigenvalue weighted by molar-refractivity contribution is 7.66. The summed E-state index contributed by atoms with van der Waals surface area (Å²) < 4.78 is 53.5. The van der Waals surface area contributed by atoms with Crippen molar-refractivity contribution in [2.24, 2.45) is 0 Å². The number of phosphoric acid groups is 3. The molecule has 0 bridgehead atoms. The molecule has 23 heteroatoms. The van der Waals surface area contributed by atoms with Crippen molar-refractivity contribution < 1.29 is 61.4 Å². The monoisotopic (exact) mass is 654 g/mol. The minimum absolute atomic E-state index is 0.00173. The van der Waals surface area contributed by atoms with Gasteiger partial charge in [-0.3, -0.25) is 9.09 Å². The molecule has 1 fully saturated rings. The van der Waals surface area contributed by atoms with E-state index in [-0.39, 0.29) is 17.9 Å². The van der Waals surface area contributed by atoms with Gasteiger partial charge < -0.3 is 40.3 Å². The fourth-order valence-electron chi connectivity index (χ4n) is 3.87. The molecule has 0 radical (unpaired) electrons. The summed E-state index contributed by atoms with van der Waals surface area (Å²) >= 11 is 0. The summed E-state index contributed by atoms with van der Waals surface area (Å²) in [5.74, 6) is -0.159. The Bertz CT molecular complexity index is 1610. The van der Waals surface area contributed by atoms with Gasteiger partial charge in [0.2, 0.25) is 0 Å². The van der Waals surface area contributed by atoms with Gasteiger partial charge in [-0.15, -0.1) is 5.10 Å². The molecule has 1 aliphatic heterocycles. The number of anilines is 1. The van der Waals surface area contributed by atoms with Gasteiger partial charge >= 0.3 is 29.2 Å². The molecule has 3 heterocycles. The number of aromatic nitrogens is 5. The molecule has 2 aromatic heterocycles. The number of aliphatic hydroxyl groups excluding tert-OH is 2. The molecule has 0 spiro atoms. The third-order valence-electron chi connectivity index (χ3n) is 5.64. The number of ether oxygens (including phenoxy) is 1. The van der Waals surface area contributed by atoms with Gasteiger partial charge in [0.1, 0.15) is 24.1 Å². The highest BCUT2D eigenvalue weighted by Gasteiger charge is 2.47. The maximum Gasteiger partial charge on any atom is 0.490 e. The van der Waals surface area contributed by atoms with Gasteiger partial charge in [-0.05, 0) is 5.56 Å². The van der Waals surface area contributed by atoms with Gasteiger partial charge in [-0.1, -0.05) is 35.5 Å². The van der Waals surface area contributed by atoms with Gasteiger partial charge in [0, 0.05) is 24.4 Å². The summed E-state index contributed by atoms with van der Waals surface area (Å²) in [4.78, 5) is 52.3. The van der Waals surface area contributed by atoms with Crippen molar-refractivity contribution in [3.63, 3.8) is 0 Å². The maximum atomic E-state index is 12.6. The number of benzene rings is 1. The summed E-state index contributed by atoms with van der Waals surface area (Å²) in [6.07, 6.45) is -3.47. The Morgan fingerprint density at radius 2 is 1.67 bits per heavy atom. The standard InChI is InChI=1S/C19H25N6O14P3/c20-17-12(7-24-9-13(22-23-24)6-11-4-2-1-3-5-11)8-25(19(28)21-17)18-16(27)15(26)14(37-18)10-36-41(32,33)39-42(34,35)38-40(29,30)31/h1-5,8-9,14-16,18,26-27H,6-7,10H2,(H,32,33)(H,34,35)(H2,20,21,28)(H2,29,30,31)/t14-,15?,16+,18-/m1/s1. The third kappa shape index (κ3) is 8.46. The van der Waals surface area contributed by atoms with Crippen LogP contribution in [0, 0.1) is 0 Å². The predicted octanol–water partition coefficient (Wildman–Crippen LogP) is -0.981. The average Bonchev–Trinajstić information content (AvgIpc) is 3.41. The molecule has 1 aliphatic rings. The van der Waals surface area contributed by atoms with Crippen LogP contribution in [0.1, 0.15) is 23.0 Å². The zero-order chi connectivity index (χ0) is 30.9. The number of nitrogens with zero attached hydrogens (tertiary/aromatic N) is 5. The second-order valence-electron chi connectivity index (χ2n) is 8.84. The first-order chi connectivity index (χ1) is 19.5. The number of nitrogen functional groups attached to an aromatic ring is 1. The molecule has 8 N–H and O–H groups in total. The smallest absolute Gasteiger partial charge is 0.387 e. The number of aliphatic hydroxyl groups is 2. The molecule has 230 valence electrons. The number of phosphoric ester groups is 1. The fraction of sp³-hybridized carbons (Fsp3) is 0.368. The van der Waals surface area contributed by atoms with E-state index in [1.807, 2.05) is 30.3 Å². The summed E-state index contributed by atoms with van der Waals surface area (Å²) in [7, 11) is -16.9. The van der Waals surface area contributed by atoms with Crippen LogP contribution in [0.5, 0.6) is 0 Å². The van der Waals surface area contributed by atoms with Gasteiger partial charge in [-0.25, -0.2) is 23.2 Å². The van der Waals surface area contributed by atoms with Crippen molar-refractivity contribution in [2.45, 2.75) is 37.5 Å². The largest absolute Gasteiger partial charge is 0.490 e. The highest BCUT2D eigenvalue weighted by atomic mass is 31.3. The molecule has 20 nitrogen and oxygen atoms in total. The van der Waals surface area contributed by atoms with E-state index in [1.165, 1.54) is 10.9 Å². The van der Waals surface area contributed by atoms with Gasteiger partial charge in [0.15, 0.2) is 6.23 Å². The lowest BCUT2D eigenvalue weighted by atomic mass is 10.1. The van der Waals surface area contributed by atoms with Crippen LogP contribution in [0.4, 0.5) is 5.82 Å². The quantitative estimate of drug-likeness (QED) is 0.115. The topological polar surface area (TPSA) is 301 Å². The minimum atomic E-state index is -5.78. The Kier molecular flexibility index (Phi) is 9.61. The summed E-state index contributed by atoms with van der Waals surface area (Å²) in [5, 5.41) is 29.0. The van der Waals surface area contributed by atoms with E-state index in [2.05, 4.69) is 28.4 Å². The first-order valence-corrected chi connectivity index (χ1v) is 16.1. The molecule has 4 rings (SSSR count). The molecule has 3 aromatic rings. The van der Waals surface area contributed by atoms with E-state index < -0.39 is 60.3 Å². The number of rotatable bonds is 12. The lowest BCUT2D eigenvalue weighted by Gasteiger charge is -2.19. The van der Waals surface area contributed by atoms with Crippen LogP contribution in [-0.2, 0) is 44.5 Å². The van der Waals surface area contributed by atoms with E-state index in [0.29, 0.717) is 12.1 Å². The van der Waals surface area contributed by atoms with Crippen LogP contribution in [-0.4, -0.2) is 79.3 Å². The van der Waals surface area contributed by atoms with Crippen molar-refractivity contribution in [2.75, 3.05) is 12.3 Å². The average molecular weight is 654 g/mol. The SMILES string of the molecule is Nc1nc(=O)n([C@@H]2O[C@H](COP(=O)(O)OP(=O)(O)OP(=O)(O)O)C(O)[C@@H]2O)cc1Cn1cc(Cc2ccccc2)nn1. The third-order valence-corrected chi connectivity index (χ3v) is 9.44. The van der Waals surface area contributed by atoms with Crippen LogP contribution in [0.15, 0.2) is 47.5 Å². The molecule has 6 atom stereocenters. The van der Waals surface area contributed by atoms with Gasteiger partial charge in [0.05, 0.1) is 18.8 Å². The summed E-state index contributed by atoms with van der Waals surface area (Å²) in [5.41, 5.74) is 6.84. The molecular formula is C19H25N6O14P3. The van der Waals surface area contributed by atoms with Crippen molar-refractivity contribution in [1.82, 2.24) is 24.5 Å². The molecule has 0 saturated carbocycles. The molecule has 3 unspecified atom stereocenters. The van der Waals surface area contributed by atoms with E-state index in [1.54, 1.807) is 6.20 Å². The molecule has 0 amide bonds. The summed E-state index contributed by atoms with van der Waals surface area (Å²) in [6, 6.07) is 9.51. The van der Waals surface area contributed by atoms with E-state index in [4.69, 9.17) is 20.3 Å². The zero-order valence-electron chi connectivity index (χ0n) is 21.1. The molecule has 1 aromatic carbocycles. The highest BCUT2D eigenvalue weighted by Crippen LogP contribution is 2.66. The van der Waals surface area contributed by atoms with Crippen molar-refractivity contribution in [1.29, 1.82) is 0 Å². The maximum absolute atomic E-state index is 12.6. The van der Waals surface area contributed by atoms with Crippen LogP contribution in [0.3, 0.4) is 0 Å². The van der Waals surface area contributed by atoms with Crippen molar-refractivity contribution >= 4 is 29.3 Å². The first kappa shape index (κ1) is 32.2. The Morgan fingerprint density at radius 1 is 0.976 bits per heavy atom. The second-order valence-corrected chi connectivity index (χ2v) is 13.3. The lowest BCUT2D eigenvalue weighted by Crippen LogP contribution is -2.36.